The second-order valence-electron chi connectivity index (χ2n) is 9.91. The first kappa shape index (κ1) is 20.2. The van der Waals surface area contributed by atoms with Crippen LogP contribution in [0.4, 0.5) is 0 Å². The van der Waals surface area contributed by atoms with Crippen molar-refractivity contribution in [3.63, 3.8) is 0 Å². The van der Waals surface area contributed by atoms with Crippen LogP contribution in [0.25, 0.3) is 0 Å². The zero-order valence-electron chi connectivity index (χ0n) is 17.8. The average Bonchev–Trinajstić information content (AvgIpc) is 2.98. The Balaban J connectivity index is 1.72. The maximum Gasteiger partial charge on any atom is 0.171 e. The Morgan fingerprint density at radius 3 is 2.64 bits per heavy atom. The van der Waals surface area contributed by atoms with Gasteiger partial charge in [0.15, 0.2) is 5.79 Å². The van der Waals surface area contributed by atoms with Crippen LogP contribution in [0, 0.1) is 41.4 Å². The van der Waals surface area contributed by atoms with Crippen molar-refractivity contribution in [3.05, 3.63) is 23.8 Å². The maximum atomic E-state index is 11.3. The van der Waals surface area contributed by atoms with Crippen LogP contribution in [-0.2, 0) is 9.47 Å². The molecule has 3 nitrogen and oxygen atoms in total. The van der Waals surface area contributed by atoms with Crippen LogP contribution in [0.1, 0.15) is 64.7 Å². The van der Waals surface area contributed by atoms with E-state index < -0.39 is 11.4 Å². The molecule has 0 amide bonds. The van der Waals surface area contributed by atoms with E-state index in [1.54, 1.807) is 25.4 Å². The molecular formula is C25H36O3. The molecule has 2 fully saturated rings. The molecule has 0 heterocycles. The number of allylic oxidation sites excluding steroid dienone is 2. The highest BCUT2D eigenvalue weighted by molar-refractivity contribution is 5.32. The molecular weight excluding hydrogens is 348 g/mol. The molecule has 0 aromatic rings. The molecule has 6 atom stereocenters. The van der Waals surface area contributed by atoms with Crippen molar-refractivity contribution in [1.82, 2.24) is 0 Å². The quantitative estimate of drug-likeness (QED) is 0.427. The van der Waals surface area contributed by atoms with Crippen LogP contribution in [-0.4, -0.2) is 30.7 Å². The molecule has 2 saturated carbocycles. The molecule has 0 bridgehead atoms. The maximum absolute atomic E-state index is 11.3. The van der Waals surface area contributed by atoms with Crippen LogP contribution in [0.3, 0.4) is 0 Å². The van der Waals surface area contributed by atoms with Crippen molar-refractivity contribution < 1.29 is 14.6 Å². The van der Waals surface area contributed by atoms with Gasteiger partial charge in [-0.25, -0.2) is 0 Å². The monoisotopic (exact) mass is 384 g/mol. The molecule has 3 unspecified atom stereocenters. The third-order valence-electron chi connectivity index (χ3n) is 9.10. The lowest BCUT2D eigenvalue weighted by molar-refractivity contribution is -0.214. The van der Waals surface area contributed by atoms with Crippen LogP contribution >= 0.6 is 0 Å². The fourth-order valence-corrected chi connectivity index (χ4v) is 7.61. The van der Waals surface area contributed by atoms with E-state index >= 15 is 0 Å². The van der Waals surface area contributed by atoms with Crippen molar-refractivity contribution in [3.8, 4) is 12.3 Å². The molecule has 0 spiro atoms. The van der Waals surface area contributed by atoms with Crippen molar-refractivity contribution in [2.24, 2.45) is 29.1 Å². The molecule has 0 saturated heterocycles. The van der Waals surface area contributed by atoms with E-state index in [1.807, 2.05) is 0 Å². The van der Waals surface area contributed by atoms with Gasteiger partial charge in [-0.1, -0.05) is 30.1 Å². The molecule has 4 aliphatic rings. The number of rotatable bonds is 4. The zero-order valence-corrected chi connectivity index (χ0v) is 17.8. The number of hydrogen-bond acceptors (Lipinski definition) is 3. The average molecular weight is 385 g/mol. The van der Waals surface area contributed by atoms with Gasteiger partial charge in [0.25, 0.3) is 0 Å². The van der Waals surface area contributed by atoms with Crippen LogP contribution in [0.15, 0.2) is 23.8 Å². The molecule has 28 heavy (non-hydrogen) atoms. The van der Waals surface area contributed by atoms with Gasteiger partial charge in [0.05, 0.1) is 0 Å². The number of aliphatic hydroxyl groups is 1. The Labute approximate surface area is 170 Å². The molecule has 154 valence electrons. The molecule has 0 aliphatic heterocycles. The van der Waals surface area contributed by atoms with E-state index in [0.717, 1.165) is 51.4 Å². The third-order valence-corrected chi connectivity index (χ3v) is 9.10. The standard InChI is InChI=1S/C25H36O3/c1-6-8-18-15-23(3)21(12-13-24(23,26)7-2)20-10-9-17-16-25(27-4,28-5)14-11-19(17)22(18)20/h2,6,18,20-22,26H,1,8-16H2,3-5H3/t18-,20?,21?,22?,23-,24-/m0/s1. The third kappa shape index (κ3) is 2.68. The van der Waals surface area contributed by atoms with Crippen molar-refractivity contribution in [1.29, 1.82) is 0 Å². The first-order valence-corrected chi connectivity index (χ1v) is 11.0. The summed E-state index contributed by atoms with van der Waals surface area (Å²) in [6.07, 6.45) is 17.0. The largest absolute Gasteiger partial charge is 0.377 e. The topological polar surface area (TPSA) is 38.7 Å². The summed E-state index contributed by atoms with van der Waals surface area (Å²) in [5, 5.41) is 11.3. The normalized spacial score (nSPS) is 44.2. The summed E-state index contributed by atoms with van der Waals surface area (Å²) in [5.74, 6) is 4.63. The number of hydrogen-bond donors (Lipinski definition) is 1. The Bertz CT molecular complexity index is 712. The van der Waals surface area contributed by atoms with Gasteiger partial charge in [-0.15, -0.1) is 13.0 Å². The lowest BCUT2D eigenvalue weighted by Gasteiger charge is -2.57. The summed E-state index contributed by atoms with van der Waals surface area (Å²) < 4.78 is 11.6. The smallest absolute Gasteiger partial charge is 0.171 e. The summed E-state index contributed by atoms with van der Waals surface area (Å²) in [6, 6.07) is 0. The first-order valence-electron chi connectivity index (χ1n) is 11.0. The lowest BCUT2D eigenvalue weighted by Crippen LogP contribution is -2.54. The van der Waals surface area contributed by atoms with E-state index in [4.69, 9.17) is 15.9 Å². The Morgan fingerprint density at radius 1 is 1.25 bits per heavy atom. The van der Waals surface area contributed by atoms with E-state index in [0.29, 0.717) is 23.7 Å². The minimum absolute atomic E-state index is 0.174. The molecule has 3 heteroatoms. The summed E-state index contributed by atoms with van der Waals surface area (Å²) >= 11 is 0. The Kier molecular flexibility index (Phi) is 5.06. The molecule has 4 rings (SSSR count). The first-order chi connectivity index (χ1) is 13.4. The van der Waals surface area contributed by atoms with Crippen LogP contribution in [0.5, 0.6) is 0 Å². The predicted molar refractivity (Wildman–Crippen MR) is 111 cm³/mol. The highest BCUT2D eigenvalue weighted by atomic mass is 16.7. The van der Waals surface area contributed by atoms with Crippen molar-refractivity contribution in [2.75, 3.05) is 14.2 Å². The predicted octanol–water partition coefficient (Wildman–Crippen LogP) is 4.86. The fraction of sp³-hybridized carbons (Fsp3) is 0.760. The highest BCUT2D eigenvalue weighted by Gasteiger charge is 2.63. The summed E-state index contributed by atoms with van der Waals surface area (Å²) in [5.41, 5.74) is 2.11. The number of terminal acetylenes is 1. The lowest BCUT2D eigenvalue weighted by atomic mass is 9.48. The summed E-state index contributed by atoms with van der Waals surface area (Å²) in [4.78, 5) is 0. The van der Waals surface area contributed by atoms with Gasteiger partial charge in [0.1, 0.15) is 5.60 Å². The zero-order chi connectivity index (χ0) is 20.2. The Morgan fingerprint density at radius 2 is 2.00 bits per heavy atom. The number of fused-ring (bicyclic) bond motifs is 4. The van der Waals surface area contributed by atoms with E-state index in [9.17, 15) is 5.11 Å². The van der Waals surface area contributed by atoms with E-state index in [-0.39, 0.29) is 5.41 Å². The van der Waals surface area contributed by atoms with Gasteiger partial charge in [-0.05, 0) is 68.6 Å². The SMILES string of the molecule is C#C[C@]1(O)CCC2C3CCC4=C(CCC(OC)(OC)C4)C3[C@@H](CC=C)C[C@@]21C. The van der Waals surface area contributed by atoms with Gasteiger partial charge >= 0.3 is 0 Å². The molecule has 0 aromatic carbocycles. The van der Waals surface area contributed by atoms with Gasteiger partial charge in [0.2, 0.25) is 0 Å². The van der Waals surface area contributed by atoms with Gasteiger partial charge in [0, 0.05) is 32.5 Å². The fourth-order valence-electron chi connectivity index (χ4n) is 7.61. The van der Waals surface area contributed by atoms with E-state index in [2.05, 4.69) is 25.5 Å². The second kappa shape index (κ2) is 7.01. The molecule has 0 aromatic heterocycles. The van der Waals surface area contributed by atoms with Gasteiger partial charge in [-0.2, -0.15) is 0 Å². The van der Waals surface area contributed by atoms with Gasteiger partial charge in [-0.3, -0.25) is 0 Å². The number of ether oxygens (including phenoxy) is 2. The van der Waals surface area contributed by atoms with Crippen molar-refractivity contribution in [2.45, 2.75) is 76.1 Å². The molecule has 4 aliphatic carbocycles. The van der Waals surface area contributed by atoms with Crippen LogP contribution < -0.4 is 0 Å². The van der Waals surface area contributed by atoms with Gasteiger partial charge < -0.3 is 14.6 Å². The molecule has 0 radical (unpaired) electrons. The van der Waals surface area contributed by atoms with Crippen LogP contribution in [0.2, 0.25) is 0 Å². The second-order valence-corrected chi connectivity index (χ2v) is 9.91. The Hall–Kier alpha value is -1.08. The molecule has 1 N–H and O–H groups in total. The summed E-state index contributed by atoms with van der Waals surface area (Å²) in [6.45, 7) is 6.32. The van der Waals surface area contributed by atoms with Crippen molar-refractivity contribution >= 4 is 0 Å². The van der Waals surface area contributed by atoms with E-state index in [1.165, 1.54) is 6.42 Å². The minimum atomic E-state index is -0.954. The highest BCUT2D eigenvalue weighted by Crippen LogP contribution is 2.66. The number of methoxy groups -OCH3 is 2. The minimum Gasteiger partial charge on any atom is -0.377 e. The summed E-state index contributed by atoms with van der Waals surface area (Å²) in [7, 11) is 3.54.